The number of nitrogens with one attached hydrogen (secondary N) is 1. The van der Waals surface area contributed by atoms with E-state index in [-0.39, 0.29) is 42.3 Å². The molecule has 1 aromatic heterocycles. The van der Waals surface area contributed by atoms with Crippen molar-refractivity contribution < 1.29 is 31.5 Å². The van der Waals surface area contributed by atoms with E-state index < -0.39 is 52.4 Å². The van der Waals surface area contributed by atoms with E-state index in [1.165, 1.54) is 4.90 Å². The minimum Gasteiger partial charge on any atom is -0.347 e. The molecule has 1 saturated carbocycles. The van der Waals surface area contributed by atoms with Crippen LogP contribution in [0.2, 0.25) is 5.02 Å². The largest absolute Gasteiger partial charge is 0.433 e. The zero-order valence-electron chi connectivity index (χ0n) is 18.8. The lowest BCUT2D eigenvalue weighted by molar-refractivity contribution is -0.141. The fourth-order valence-corrected chi connectivity index (χ4v) is 4.65. The van der Waals surface area contributed by atoms with Crippen LogP contribution in [0.5, 0.6) is 0 Å². The third-order valence-corrected chi connectivity index (χ3v) is 6.71. The molecule has 11 heteroatoms. The number of aromatic nitrogens is 1. The predicted octanol–water partition coefficient (Wildman–Crippen LogP) is 5.15. The molecule has 2 amide bonds. The zero-order valence-corrected chi connectivity index (χ0v) is 19.5. The first-order valence-corrected chi connectivity index (χ1v) is 11.6. The highest BCUT2D eigenvalue weighted by atomic mass is 35.5. The van der Waals surface area contributed by atoms with Crippen LogP contribution in [-0.2, 0) is 11.0 Å². The van der Waals surface area contributed by atoms with Gasteiger partial charge < -0.3 is 10.2 Å². The molecule has 1 saturated heterocycles. The minimum atomic E-state index is -4.75. The zero-order chi connectivity index (χ0) is 26.2. The molecule has 190 valence electrons. The van der Waals surface area contributed by atoms with Crippen LogP contribution in [0.25, 0.3) is 0 Å². The number of likely N-dealkylation sites (tertiary alicyclic amines) is 1. The number of nitrogens with zero attached hydrogens (tertiary/aromatic N) is 2. The van der Waals surface area contributed by atoms with Crippen molar-refractivity contribution in [2.45, 2.75) is 43.9 Å². The lowest BCUT2D eigenvalue weighted by atomic mass is 9.99. The number of carbonyl (C=O) groups is 2. The molecule has 1 aliphatic heterocycles. The monoisotopic (exact) mass is 525 g/mol. The van der Waals surface area contributed by atoms with Gasteiger partial charge in [0, 0.05) is 30.3 Å². The maximum atomic E-state index is 14.6. The molecular weight excluding hydrogens is 505 g/mol. The third kappa shape index (κ3) is 5.46. The Hall–Kier alpha value is -3.19. The number of terminal acetylenes is 1. The molecule has 1 aromatic carbocycles. The fourth-order valence-electron chi connectivity index (χ4n) is 4.50. The van der Waals surface area contributed by atoms with Gasteiger partial charge in [0.2, 0.25) is 5.91 Å². The van der Waals surface area contributed by atoms with Gasteiger partial charge in [-0.1, -0.05) is 11.6 Å². The molecule has 3 atom stereocenters. The number of hydrogen-bond acceptors (Lipinski definition) is 3. The Morgan fingerprint density at radius 1 is 1.22 bits per heavy atom. The Morgan fingerprint density at radius 2 is 1.94 bits per heavy atom. The molecule has 1 N–H and O–H groups in total. The molecule has 0 unspecified atom stereocenters. The Kier molecular flexibility index (Phi) is 7.23. The highest BCUT2D eigenvalue weighted by molar-refractivity contribution is 6.30. The molecule has 2 aliphatic rings. The highest BCUT2D eigenvalue weighted by Crippen LogP contribution is 2.43. The summed E-state index contributed by atoms with van der Waals surface area (Å²) in [5.41, 5.74) is -1.57. The van der Waals surface area contributed by atoms with Gasteiger partial charge in [-0.05, 0) is 55.4 Å². The fraction of sp³-hybridized carbons (Fsp3) is 0.400. The second kappa shape index (κ2) is 10.1. The normalized spacial score (nSPS) is 20.6. The average molecular weight is 526 g/mol. The van der Waals surface area contributed by atoms with E-state index >= 15 is 0 Å². The number of amides is 2. The van der Waals surface area contributed by atoms with Gasteiger partial charge in [0.15, 0.2) is 0 Å². The number of rotatable bonds is 6. The van der Waals surface area contributed by atoms with E-state index in [1.807, 2.05) is 0 Å². The average Bonchev–Trinajstić information content (AvgIpc) is 3.58. The van der Waals surface area contributed by atoms with Crippen LogP contribution in [0.3, 0.4) is 0 Å². The summed E-state index contributed by atoms with van der Waals surface area (Å²) in [5.74, 6) is -0.938. The van der Waals surface area contributed by atoms with Crippen molar-refractivity contribution in [2.75, 3.05) is 6.54 Å². The predicted molar refractivity (Wildman–Crippen MR) is 121 cm³/mol. The summed E-state index contributed by atoms with van der Waals surface area (Å²) in [6, 6.07) is 1.63. The van der Waals surface area contributed by atoms with Crippen LogP contribution >= 0.6 is 11.6 Å². The van der Waals surface area contributed by atoms with E-state index in [0.717, 1.165) is 24.4 Å². The van der Waals surface area contributed by atoms with Crippen molar-refractivity contribution >= 4 is 23.4 Å². The van der Waals surface area contributed by atoms with Crippen LogP contribution in [0.4, 0.5) is 22.0 Å². The van der Waals surface area contributed by atoms with E-state index in [2.05, 4.69) is 16.2 Å². The molecular formula is C25H21ClF5N3O2. The summed E-state index contributed by atoms with van der Waals surface area (Å²) >= 11 is 5.65. The van der Waals surface area contributed by atoms with Gasteiger partial charge in [-0.15, -0.1) is 12.3 Å². The Labute approximate surface area is 209 Å². The molecule has 2 fully saturated rings. The molecule has 2 aromatic rings. The summed E-state index contributed by atoms with van der Waals surface area (Å²) < 4.78 is 68.0. The summed E-state index contributed by atoms with van der Waals surface area (Å²) in [5, 5.41) is 2.34. The van der Waals surface area contributed by atoms with Gasteiger partial charge in [0.05, 0.1) is 11.1 Å². The Bertz CT molecular complexity index is 1230. The first kappa shape index (κ1) is 25.9. The van der Waals surface area contributed by atoms with Crippen molar-refractivity contribution in [3.63, 3.8) is 0 Å². The molecule has 36 heavy (non-hydrogen) atoms. The molecule has 5 nitrogen and oxygen atoms in total. The Balaban J connectivity index is 1.60. The van der Waals surface area contributed by atoms with Gasteiger partial charge in [-0.25, -0.2) is 8.78 Å². The second-order valence-electron chi connectivity index (χ2n) is 9.02. The van der Waals surface area contributed by atoms with Gasteiger partial charge in [-0.2, -0.15) is 13.2 Å². The van der Waals surface area contributed by atoms with Gasteiger partial charge in [0.1, 0.15) is 23.4 Å². The number of hydrogen-bond donors (Lipinski definition) is 1. The number of pyridine rings is 1. The summed E-state index contributed by atoms with van der Waals surface area (Å²) in [6.07, 6.45) is 3.31. The standard InChI is InChI=1S/C25H21ClF5N3O2/c1-2-3-13-8-20(34(12-13)24(36)15-6-7-32-21(9-15)25(29,30)31)23(35)33-22(14-4-5-14)16-10-19(28)17(26)11-18(16)27/h1,6-7,9-11,13-14,20,22H,3-5,8,12H2,(H,33,35)/t13-,20-,22-/m1/s1. The number of benzene rings is 1. The molecule has 2 heterocycles. The number of carbonyl (C=O) groups excluding carboxylic acids is 2. The van der Waals surface area contributed by atoms with Crippen LogP contribution in [-0.4, -0.2) is 34.3 Å². The maximum absolute atomic E-state index is 14.6. The van der Waals surface area contributed by atoms with E-state index in [0.29, 0.717) is 18.9 Å². The van der Waals surface area contributed by atoms with Crippen molar-refractivity contribution in [1.82, 2.24) is 15.2 Å². The van der Waals surface area contributed by atoms with Gasteiger partial charge >= 0.3 is 6.18 Å². The molecule has 0 spiro atoms. The molecule has 4 rings (SSSR count). The van der Waals surface area contributed by atoms with Crippen LogP contribution in [0, 0.1) is 35.8 Å². The van der Waals surface area contributed by atoms with Gasteiger partial charge in [0.25, 0.3) is 5.91 Å². The lowest BCUT2D eigenvalue weighted by Gasteiger charge is -2.27. The number of alkyl halides is 3. The maximum Gasteiger partial charge on any atom is 0.433 e. The SMILES string of the molecule is C#CC[C@@H]1C[C@H](C(=O)N[C@@H](c2cc(F)c(Cl)cc2F)C2CC2)N(C(=O)c2ccnc(C(F)(F)F)c2)C1. The summed E-state index contributed by atoms with van der Waals surface area (Å²) in [6.45, 7) is 0.0584. The van der Waals surface area contributed by atoms with Crippen LogP contribution in [0.15, 0.2) is 30.5 Å². The molecule has 1 aliphatic carbocycles. The van der Waals surface area contributed by atoms with E-state index in [1.54, 1.807) is 0 Å². The molecule has 0 radical (unpaired) electrons. The van der Waals surface area contributed by atoms with Crippen molar-refractivity contribution in [3.8, 4) is 12.3 Å². The van der Waals surface area contributed by atoms with E-state index in [9.17, 15) is 31.5 Å². The van der Waals surface area contributed by atoms with Gasteiger partial charge in [-0.3, -0.25) is 14.6 Å². The molecule has 0 bridgehead atoms. The lowest BCUT2D eigenvalue weighted by Crippen LogP contribution is -2.47. The minimum absolute atomic E-state index is 0.0584. The summed E-state index contributed by atoms with van der Waals surface area (Å²) in [4.78, 5) is 31.0. The smallest absolute Gasteiger partial charge is 0.347 e. The first-order chi connectivity index (χ1) is 17.0. The highest BCUT2D eigenvalue weighted by Gasteiger charge is 2.43. The first-order valence-electron chi connectivity index (χ1n) is 11.2. The topological polar surface area (TPSA) is 62.3 Å². The van der Waals surface area contributed by atoms with Crippen molar-refractivity contribution in [2.24, 2.45) is 11.8 Å². The van der Waals surface area contributed by atoms with Crippen molar-refractivity contribution in [3.05, 3.63) is 63.9 Å². The van der Waals surface area contributed by atoms with Crippen molar-refractivity contribution in [1.29, 1.82) is 0 Å². The van der Waals surface area contributed by atoms with Crippen LogP contribution < -0.4 is 5.32 Å². The Morgan fingerprint density at radius 3 is 2.58 bits per heavy atom. The second-order valence-corrected chi connectivity index (χ2v) is 9.43. The number of halogens is 6. The van der Waals surface area contributed by atoms with Crippen LogP contribution in [0.1, 0.15) is 53.3 Å². The third-order valence-electron chi connectivity index (χ3n) is 6.42. The van der Waals surface area contributed by atoms with E-state index in [4.69, 9.17) is 18.0 Å². The quantitative estimate of drug-likeness (QED) is 0.322. The summed E-state index contributed by atoms with van der Waals surface area (Å²) in [7, 11) is 0.